The van der Waals surface area contributed by atoms with Gasteiger partial charge in [-0.05, 0) is 49.9 Å². The van der Waals surface area contributed by atoms with E-state index in [1.54, 1.807) is 0 Å². The molecule has 1 unspecified atom stereocenters. The normalized spacial score (nSPS) is 35.7. The van der Waals surface area contributed by atoms with Gasteiger partial charge in [0.2, 0.25) is 0 Å². The molecule has 4 atom stereocenters. The second-order valence-corrected chi connectivity index (χ2v) is 6.01. The van der Waals surface area contributed by atoms with Crippen molar-refractivity contribution < 1.29 is 4.79 Å². The lowest BCUT2D eigenvalue weighted by Gasteiger charge is -2.40. The fourth-order valence-corrected chi connectivity index (χ4v) is 3.89. The van der Waals surface area contributed by atoms with Crippen LogP contribution in [0.2, 0.25) is 5.02 Å². The molecule has 0 saturated carbocycles. The van der Waals surface area contributed by atoms with E-state index in [0.29, 0.717) is 18.0 Å². The monoisotopic (exact) mass is 263 g/mol. The molecule has 0 amide bonds. The van der Waals surface area contributed by atoms with Crippen LogP contribution in [0.4, 0.5) is 0 Å². The Labute approximate surface area is 113 Å². The zero-order valence-corrected chi connectivity index (χ0v) is 11.3. The average molecular weight is 264 g/mol. The second-order valence-electron chi connectivity index (χ2n) is 5.57. The molecule has 2 heterocycles. The number of piperidine rings is 1. The molecule has 18 heavy (non-hydrogen) atoms. The highest BCUT2D eigenvalue weighted by Gasteiger charge is 2.45. The Bertz CT molecular complexity index is 444. The molecule has 2 fully saturated rings. The molecule has 2 aliphatic heterocycles. The number of halogens is 1. The van der Waals surface area contributed by atoms with E-state index < -0.39 is 0 Å². The van der Waals surface area contributed by atoms with E-state index >= 15 is 0 Å². The van der Waals surface area contributed by atoms with Gasteiger partial charge in [0.05, 0.1) is 0 Å². The van der Waals surface area contributed by atoms with E-state index in [-0.39, 0.29) is 5.92 Å². The number of carbonyl (C=O) groups is 1. The lowest BCUT2D eigenvalue weighted by Crippen LogP contribution is -2.46. The third-order valence-electron chi connectivity index (χ3n) is 4.78. The fourth-order valence-electron chi connectivity index (χ4n) is 3.76. The quantitative estimate of drug-likeness (QED) is 0.765. The van der Waals surface area contributed by atoms with Gasteiger partial charge in [-0.1, -0.05) is 23.7 Å². The summed E-state index contributed by atoms with van der Waals surface area (Å²) < 4.78 is 0. The summed E-state index contributed by atoms with van der Waals surface area (Å²) in [5, 5.41) is 0.761. The molecule has 2 saturated heterocycles. The standard InChI is InChI=1S/C15H18ClNO/c1-17-12-6-7-15(17)14(9-18)13(8-12)10-2-4-11(16)5-3-10/h2-5,9,12-15H,6-8H2,1H3/t12?,13-,14-,15-/m1/s1. The summed E-state index contributed by atoms with van der Waals surface area (Å²) in [6, 6.07) is 9.09. The van der Waals surface area contributed by atoms with Gasteiger partial charge in [-0.25, -0.2) is 0 Å². The number of fused-ring (bicyclic) bond motifs is 2. The molecule has 2 nitrogen and oxygen atoms in total. The third kappa shape index (κ3) is 1.88. The van der Waals surface area contributed by atoms with Crippen molar-refractivity contribution in [2.75, 3.05) is 7.05 Å². The van der Waals surface area contributed by atoms with E-state index in [0.717, 1.165) is 17.9 Å². The van der Waals surface area contributed by atoms with Crippen molar-refractivity contribution in [3.05, 3.63) is 34.9 Å². The maximum absolute atomic E-state index is 11.5. The summed E-state index contributed by atoms with van der Waals surface area (Å²) in [5.41, 5.74) is 1.27. The van der Waals surface area contributed by atoms with Gasteiger partial charge in [-0.3, -0.25) is 4.90 Å². The van der Waals surface area contributed by atoms with Gasteiger partial charge in [0.1, 0.15) is 6.29 Å². The lowest BCUT2D eigenvalue weighted by molar-refractivity contribution is -0.114. The number of carbonyl (C=O) groups excluding carboxylic acids is 1. The predicted molar refractivity (Wildman–Crippen MR) is 72.9 cm³/mol. The highest BCUT2D eigenvalue weighted by molar-refractivity contribution is 6.30. The molecular formula is C15H18ClNO. The smallest absolute Gasteiger partial charge is 0.125 e. The van der Waals surface area contributed by atoms with E-state index in [4.69, 9.17) is 11.6 Å². The minimum Gasteiger partial charge on any atom is -0.303 e. The van der Waals surface area contributed by atoms with E-state index in [2.05, 4.69) is 24.1 Å². The number of rotatable bonds is 2. The molecule has 0 radical (unpaired) electrons. The molecule has 3 heteroatoms. The molecule has 2 aliphatic rings. The largest absolute Gasteiger partial charge is 0.303 e. The average Bonchev–Trinajstić information content (AvgIpc) is 2.63. The summed E-state index contributed by atoms with van der Waals surface area (Å²) in [6.45, 7) is 0. The number of benzene rings is 1. The molecule has 96 valence electrons. The zero-order valence-electron chi connectivity index (χ0n) is 10.6. The Hall–Kier alpha value is -0.860. The van der Waals surface area contributed by atoms with Crippen molar-refractivity contribution in [3.63, 3.8) is 0 Å². The van der Waals surface area contributed by atoms with Gasteiger partial charge in [-0.2, -0.15) is 0 Å². The van der Waals surface area contributed by atoms with Crippen LogP contribution >= 0.6 is 11.6 Å². The molecule has 0 spiro atoms. The Balaban J connectivity index is 1.92. The highest BCUT2D eigenvalue weighted by Crippen LogP contribution is 2.45. The minimum atomic E-state index is 0.134. The van der Waals surface area contributed by atoms with Gasteiger partial charge >= 0.3 is 0 Å². The first-order valence-corrected chi connectivity index (χ1v) is 7.01. The maximum atomic E-state index is 11.5. The predicted octanol–water partition coefficient (Wildman–Crippen LogP) is 3.11. The van der Waals surface area contributed by atoms with Crippen LogP contribution in [0.1, 0.15) is 30.7 Å². The van der Waals surface area contributed by atoms with Crippen LogP contribution < -0.4 is 0 Å². The number of hydrogen-bond donors (Lipinski definition) is 0. The summed E-state index contributed by atoms with van der Waals surface area (Å²) in [6.07, 6.45) is 4.66. The SMILES string of the molecule is CN1C2CC[C@@H]1[C@H](C=O)[C@@H](c1ccc(Cl)cc1)C2. The molecular weight excluding hydrogens is 246 g/mol. The van der Waals surface area contributed by atoms with Crippen molar-refractivity contribution >= 4 is 17.9 Å². The first-order valence-electron chi connectivity index (χ1n) is 6.63. The van der Waals surface area contributed by atoms with Gasteiger partial charge in [0.25, 0.3) is 0 Å². The zero-order chi connectivity index (χ0) is 12.7. The Morgan fingerprint density at radius 1 is 1.28 bits per heavy atom. The third-order valence-corrected chi connectivity index (χ3v) is 5.04. The summed E-state index contributed by atoms with van der Waals surface area (Å²) in [4.78, 5) is 13.9. The minimum absolute atomic E-state index is 0.134. The Morgan fingerprint density at radius 2 is 2.00 bits per heavy atom. The fraction of sp³-hybridized carbons (Fsp3) is 0.533. The first-order chi connectivity index (χ1) is 8.70. The molecule has 2 bridgehead atoms. The second kappa shape index (κ2) is 4.67. The summed E-state index contributed by atoms with van der Waals surface area (Å²) >= 11 is 5.94. The molecule has 0 aromatic heterocycles. The molecule has 0 aliphatic carbocycles. The van der Waals surface area contributed by atoms with Crippen molar-refractivity contribution in [2.24, 2.45) is 5.92 Å². The molecule has 1 aromatic rings. The maximum Gasteiger partial charge on any atom is 0.125 e. The lowest BCUT2D eigenvalue weighted by atomic mass is 9.77. The van der Waals surface area contributed by atoms with Crippen molar-refractivity contribution in [3.8, 4) is 0 Å². The van der Waals surface area contributed by atoms with Crippen LogP contribution in [0, 0.1) is 5.92 Å². The topological polar surface area (TPSA) is 20.3 Å². The van der Waals surface area contributed by atoms with Crippen LogP contribution in [0.15, 0.2) is 24.3 Å². The highest BCUT2D eigenvalue weighted by atomic mass is 35.5. The van der Waals surface area contributed by atoms with Crippen molar-refractivity contribution in [2.45, 2.75) is 37.3 Å². The number of aldehydes is 1. The van der Waals surface area contributed by atoms with E-state index in [1.165, 1.54) is 18.3 Å². The van der Waals surface area contributed by atoms with Gasteiger partial charge < -0.3 is 4.79 Å². The van der Waals surface area contributed by atoms with Crippen LogP contribution in [0.3, 0.4) is 0 Å². The van der Waals surface area contributed by atoms with E-state index in [9.17, 15) is 4.79 Å². The first kappa shape index (κ1) is 12.2. The number of hydrogen-bond acceptors (Lipinski definition) is 2. The Kier molecular flexibility index (Phi) is 3.16. The molecule has 0 N–H and O–H groups in total. The van der Waals surface area contributed by atoms with Gasteiger partial charge in [0, 0.05) is 23.0 Å². The molecule has 1 aromatic carbocycles. The van der Waals surface area contributed by atoms with Crippen LogP contribution in [0.5, 0.6) is 0 Å². The molecule has 3 rings (SSSR count). The van der Waals surface area contributed by atoms with Crippen molar-refractivity contribution in [1.82, 2.24) is 4.90 Å². The summed E-state index contributed by atoms with van der Waals surface area (Å²) in [5.74, 6) is 0.503. The Morgan fingerprint density at radius 3 is 2.67 bits per heavy atom. The summed E-state index contributed by atoms with van der Waals surface area (Å²) in [7, 11) is 2.16. The van der Waals surface area contributed by atoms with Crippen LogP contribution in [0.25, 0.3) is 0 Å². The van der Waals surface area contributed by atoms with Gasteiger partial charge in [-0.15, -0.1) is 0 Å². The van der Waals surface area contributed by atoms with E-state index in [1.807, 2.05) is 12.1 Å². The van der Waals surface area contributed by atoms with Crippen LogP contribution in [-0.2, 0) is 4.79 Å². The van der Waals surface area contributed by atoms with Crippen LogP contribution in [-0.4, -0.2) is 30.3 Å². The van der Waals surface area contributed by atoms with Crippen molar-refractivity contribution in [1.29, 1.82) is 0 Å². The number of nitrogens with zero attached hydrogens (tertiary/aromatic N) is 1. The van der Waals surface area contributed by atoms with Gasteiger partial charge in [0.15, 0.2) is 0 Å².